The van der Waals surface area contributed by atoms with Gasteiger partial charge in [-0.25, -0.2) is 8.42 Å². The molecule has 0 bridgehead atoms. The first-order valence-electron chi connectivity index (χ1n) is 6.19. The lowest BCUT2D eigenvalue weighted by atomic mass is 10.1. The van der Waals surface area contributed by atoms with Crippen molar-refractivity contribution in [2.45, 2.75) is 31.2 Å². The molecule has 1 atom stereocenters. The van der Waals surface area contributed by atoms with Crippen LogP contribution in [0.15, 0.2) is 17.0 Å². The zero-order valence-corrected chi connectivity index (χ0v) is 14.1. The highest BCUT2D eigenvalue weighted by Crippen LogP contribution is 2.45. The molecule has 2 rings (SSSR count). The topological polar surface area (TPSA) is 72.5 Å². The van der Waals surface area contributed by atoms with Crippen molar-refractivity contribution in [2.75, 3.05) is 7.11 Å². The molecule has 1 aliphatic rings. The molecule has 8 heteroatoms. The molecule has 0 aromatic heterocycles. The molecule has 1 amide bonds. The second-order valence-corrected chi connectivity index (χ2v) is 8.61. The van der Waals surface area contributed by atoms with E-state index in [-0.39, 0.29) is 32.7 Å². The third-order valence-electron chi connectivity index (χ3n) is 3.55. The Hall–Kier alpha value is -0.980. The van der Waals surface area contributed by atoms with Crippen molar-refractivity contribution in [3.63, 3.8) is 0 Å². The molecule has 1 aromatic rings. The van der Waals surface area contributed by atoms with Gasteiger partial charge in [-0.1, -0.05) is 25.4 Å². The van der Waals surface area contributed by atoms with Crippen molar-refractivity contribution in [2.24, 2.45) is 5.41 Å². The Kier molecular flexibility index (Phi) is 4.17. The van der Waals surface area contributed by atoms with Crippen LogP contribution >= 0.6 is 22.3 Å². The highest BCUT2D eigenvalue weighted by atomic mass is 35.7. The minimum Gasteiger partial charge on any atom is -0.494 e. The van der Waals surface area contributed by atoms with E-state index in [9.17, 15) is 13.2 Å². The fourth-order valence-electron chi connectivity index (χ4n) is 2.08. The molecule has 1 aliphatic carbocycles. The first kappa shape index (κ1) is 16.4. The van der Waals surface area contributed by atoms with E-state index in [2.05, 4.69) is 5.32 Å². The van der Waals surface area contributed by atoms with Crippen molar-refractivity contribution in [1.82, 2.24) is 5.32 Å². The fourth-order valence-corrected chi connectivity index (χ4v) is 3.39. The van der Waals surface area contributed by atoms with Crippen LogP contribution in [0.1, 0.15) is 30.6 Å². The van der Waals surface area contributed by atoms with E-state index >= 15 is 0 Å². The van der Waals surface area contributed by atoms with E-state index in [1.165, 1.54) is 13.2 Å². The molecule has 0 aliphatic heterocycles. The Morgan fingerprint density at radius 1 is 1.43 bits per heavy atom. The van der Waals surface area contributed by atoms with Crippen molar-refractivity contribution < 1.29 is 17.9 Å². The molecule has 5 nitrogen and oxygen atoms in total. The number of carbonyl (C=O) groups is 1. The van der Waals surface area contributed by atoms with Gasteiger partial charge >= 0.3 is 0 Å². The standard InChI is InChI=1S/C13H15Cl2NO4S/c1-13(2)6-10(13)16-12(17)8-4-7(14)5-9(11(8)20-3)21(15,18)19/h4-5,10H,6H2,1-3H3,(H,16,17). The number of benzene rings is 1. The summed E-state index contributed by atoms with van der Waals surface area (Å²) in [5, 5.41) is 2.92. The third-order valence-corrected chi connectivity index (χ3v) is 5.10. The normalized spacial score (nSPS) is 20.0. The Morgan fingerprint density at radius 3 is 2.43 bits per heavy atom. The number of methoxy groups -OCH3 is 1. The zero-order chi connectivity index (χ0) is 16.0. The largest absolute Gasteiger partial charge is 0.494 e. The van der Waals surface area contributed by atoms with Gasteiger partial charge in [-0.05, 0) is 24.0 Å². The highest BCUT2D eigenvalue weighted by Gasteiger charge is 2.46. The summed E-state index contributed by atoms with van der Waals surface area (Å²) in [7, 11) is 2.55. The Morgan fingerprint density at radius 2 is 2.00 bits per heavy atom. The van der Waals surface area contributed by atoms with E-state index in [0.29, 0.717) is 0 Å². The maximum atomic E-state index is 12.3. The lowest BCUT2D eigenvalue weighted by Crippen LogP contribution is -2.29. The molecule has 0 heterocycles. The van der Waals surface area contributed by atoms with Gasteiger partial charge in [0, 0.05) is 21.7 Å². The van der Waals surface area contributed by atoms with Gasteiger partial charge in [0.05, 0.1) is 12.7 Å². The summed E-state index contributed by atoms with van der Waals surface area (Å²) in [6, 6.07) is 2.56. The first-order chi connectivity index (χ1) is 9.56. The van der Waals surface area contributed by atoms with Crippen LogP contribution in [-0.2, 0) is 9.05 Å². The number of nitrogens with one attached hydrogen (secondary N) is 1. The number of hydrogen-bond donors (Lipinski definition) is 1. The lowest BCUT2D eigenvalue weighted by molar-refractivity contribution is 0.0943. The van der Waals surface area contributed by atoms with Crippen LogP contribution in [0.25, 0.3) is 0 Å². The molecule has 1 N–H and O–H groups in total. The van der Waals surface area contributed by atoms with Crippen LogP contribution in [0.5, 0.6) is 5.75 Å². The average Bonchev–Trinajstić information content (AvgIpc) is 2.94. The molecule has 0 spiro atoms. The van der Waals surface area contributed by atoms with Gasteiger partial charge in [0.2, 0.25) is 0 Å². The van der Waals surface area contributed by atoms with E-state index in [0.717, 1.165) is 12.5 Å². The molecular weight excluding hydrogens is 337 g/mol. The van der Waals surface area contributed by atoms with Gasteiger partial charge in [0.1, 0.15) is 4.90 Å². The Bertz CT molecular complexity index is 700. The maximum absolute atomic E-state index is 12.3. The molecule has 1 unspecified atom stereocenters. The van der Waals surface area contributed by atoms with Gasteiger partial charge in [-0.15, -0.1) is 0 Å². The molecule has 1 fully saturated rings. The van der Waals surface area contributed by atoms with Crippen molar-refractivity contribution in [3.8, 4) is 5.75 Å². The first-order valence-corrected chi connectivity index (χ1v) is 8.88. The molecule has 1 saturated carbocycles. The predicted molar refractivity (Wildman–Crippen MR) is 80.7 cm³/mol. The number of hydrogen-bond acceptors (Lipinski definition) is 4. The van der Waals surface area contributed by atoms with E-state index < -0.39 is 15.0 Å². The summed E-state index contributed by atoms with van der Waals surface area (Å²) in [4.78, 5) is 12.0. The van der Waals surface area contributed by atoms with E-state index in [1.54, 1.807) is 0 Å². The molecule has 21 heavy (non-hydrogen) atoms. The van der Waals surface area contributed by atoms with Crippen LogP contribution in [0.2, 0.25) is 5.02 Å². The van der Waals surface area contributed by atoms with Crippen molar-refractivity contribution >= 4 is 37.2 Å². The quantitative estimate of drug-likeness (QED) is 0.846. The fraction of sp³-hybridized carbons (Fsp3) is 0.462. The Labute approximate surface area is 133 Å². The smallest absolute Gasteiger partial charge is 0.265 e. The second-order valence-electron chi connectivity index (χ2n) is 5.64. The van der Waals surface area contributed by atoms with Crippen molar-refractivity contribution in [3.05, 3.63) is 22.7 Å². The number of rotatable bonds is 4. The van der Waals surface area contributed by atoms with Gasteiger partial charge in [0.15, 0.2) is 5.75 Å². The summed E-state index contributed by atoms with van der Waals surface area (Å²) in [6.07, 6.45) is 0.863. The number of halogens is 2. The minimum absolute atomic E-state index is 0.0445. The molecule has 1 aromatic carbocycles. The second kappa shape index (κ2) is 5.34. The van der Waals surface area contributed by atoms with Gasteiger partial charge in [0.25, 0.3) is 15.0 Å². The summed E-state index contributed by atoms with van der Waals surface area (Å²) >= 11 is 5.88. The molecule has 116 valence electrons. The Balaban J connectivity index is 2.43. The summed E-state index contributed by atoms with van der Waals surface area (Å²) in [5.74, 6) is -0.545. The number of amides is 1. The molecule has 0 radical (unpaired) electrons. The summed E-state index contributed by atoms with van der Waals surface area (Å²) < 4.78 is 28.2. The summed E-state index contributed by atoms with van der Waals surface area (Å²) in [6.45, 7) is 4.06. The lowest BCUT2D eigenvalue weighted by Gasteiger charge is -2.13. The van der Waals surface area contributed by atoms with Gasteiger partial charge in [-0.2, -0.15) is 0 Å². The van der Waals surface area contributed by atoms with Crippen molar-refractivity contribution in [1.29, 1.82) is 0 Å². The zero-order valence-electron chi connectivity index (χ0n) is 11.7. The minimum atomic E-state index is -4.08. The number of carbonyl (C=O) groups excluding carboxylic acids is 1. The van der Waals surface area contributed by atoms with Crippen LogP contribution in [0, 0.1) is 5.41 Å². The molecule has 0 saturated heterocycles. The maximum Gasteiger partial charge on any atom is 0.265 e. The van der Waals surface area contributed by atoms with Gasteiger partial charge < -0.3 is 10.1 Å². The van der Waals surface area contributed by atoms with E-state index in [1.807, 2.05) is 13.8 Å². The monoisotopic (exact) mass is 351 g/mol. The van der Waals surface area contributed by atoms with E-state index in [4.69, 9.17) is 27.0 Å². The highest BCUT2D eigenvalue weighted by molar-refractivity contribution is 8.13. The SMILES string of the molecule is COc1c(C(=O)NC2CC2(C)C)cc(Cl)cc1S(=O)(=O)Cl. The van der Waals surface area contributed by atoms with Crippen LogP contribution < -0.4 is 10.1 Å². The number of ether oxygens (including phenoxy) is 1. The third kappa shape index (κ3) is 3.44. The van der Waals surface area contributed by atoms with Crippen LogP contribution in [0.4, 0.5) is 0 Å². The average molecular weight is 352 g/mol. The van der Waals surface area contributed by atoms with Crippen LogP contribution in [-0.4, -0.2) is 27.5 Å². The van der Waals surface area contributed by atoms with Crippen LogP contribution in [0.3, 0.4) is 0 Å². The predicted octanol–water partition coefficient (Wildman–Crippen LogP) is 2.80. The summed E-state index contributed by atoms with van der Waals surface area (Å²) in [5.41, 5.74) is 0.0926. The van der Waals surface area contributed by atoms with Gasteiger partial charge in [-0.3, -0.25) is 4.79 Å². The molecular formula is C13H15Cl2NO4S.